The molecule has 0 N–H and O–H groups in total. The van der Waals surface area contributed by atoms with Gasteiger partial charge < -0.3 is 4.90 Å². The molecular formula is C21H23Cl2FN2O3S. The van der Waals surface area contributed by atoms with Crippen LogP contribution in [-0.2, 0) is 14.8 Å². The molecule has 0 radical (unpaired) electrons. The van der Waals surface area contributed by atoms with Crippen molar-refractivity contribution in [3.8, 4) is 0 Å². The highest BCUT2D eigenvalue weighted by atomic mass is 35.5. The van der Waals surface area contributed by atoms with Gasteiger partial charge in [-0.2, -0.15) is 4.31 Å². The van der Waals surface area contributed by atoms with Crippen molar-refractivity contribution in [2.75, 3.05) is 20.1 Å². The Labute approximate surface area is 186 Å². The summed E-state index contributed by atoms with van der Waals surface area (Å²) in [6.07, 6.45) is 0.827. The highest BCUT2D eigenvalue weighted by Gasteiger charge is 2.35. The van der Waals surface area contributed by atoms with Crippen LogP contribution < -0.4 is 0 Å². The zero-order valence-electron chi connectivity index (χ0n) is 16.7. The van der Waals surface area contributed by atoms with Crippen LogP contribution in [0.2, 0.25) is 10.0 Å². The number of hydrogen-bond donors (Lipinski definition) is 0. The molecule has 9 heteroatoms. The number of benzene rings is 2. The average molecular weight is 473 g/mol. The van der Waals surface area contributed by atoms with Crippen LogP contribution >= 0.6 is 23.2 Å². The number of rotatable bonds is 5. The van der Waals surface area contributed by atoms with Crippen LogP contribution in [0.1, 0.15) is 31.4 Å². The maximum atomic E-state index is 13.2. The lowest BCUT2D eigenvalue weighted by Crippen LogP contribution is -2.44. The first kappa shape index (κ1) is 23.0. The van der Waals surface area contributed by atoms with E-state index in [1.54, 1.807) is 24.1 Å². The van der Waals surface area contributed by atoms with Crippen molar-refractivity contribution in [1.82, 2.24) is 9.21 Å². The molecule has 1 unspecified atom stereocenters. The topological polar surface area (TPSA) is 57.7 Å². The van der Waals surface area contributed by atoms with Crippen molar-refractivity contribution in [3.05, 3.63) is 63.9 Å². The van der Waals surface area contributed by atoms with Crippen molar-refractivity contribution in [1.29, 1.82) is 0 Å². The monoisotopic (exact) mass is 472 g/mol. The van der Waals surface area contributed by atoms with Crippen LogP contribution in [0, 0.1) is 11.7 Å². The molecule has 2 aromatic rings. The van der Waals surface area contributed by atoms with Gasteiger partial charge in [0.1, 0.15) is 10.7 Å². The Kier molecular flexibility index (Phi) is 7.07. The molecule has 1 amide bonds. The molecule has 0 aromatic heterocycles. The quantitative estimate of drug-likeness (QED) is 0.630. The zero-order valence-corrected chi connectivity index (χ0v) is 19.0. The number of piperidine rings is 1. The van der Waals surface area contributed by atoms with Crippen molar-refractivity contribution in [3.63, 3.8) is 0 Å². The number of halogens is 3. The average Bonchev–Trinajstić information content (AvgIpc) is 2.74. The van der Waals surface area contributed by atoms with Crippen LogP contribution in [0.15, 0.2) is 47.4 Å². The Hall–Kier alpha value is -1.67. The van der Waals surface area contributed by atoms with E-state index in [1.807, 2.05) is 6.92 Å². The molecule has 1 fully saturated rings. The van der Waals surface area contributed by atoms with Crippen molar-refractivity contribution in [2.45, 2.75) is 30.7 Å². The molecule has 2 aromatic carbocycles. The van der Waals surface area contributed by atoms with Crippen LogP contribution in [0.25, 0.3) is 0 Å². The second-order valence-corrected chi connectivity index (χ2v) is 10.2. The molecule has 5 nitrogen and oxygen atoms in total. The lowest BCUT2D eigenvalue weighted by Gasteiger charge is -2.34. The van der Waals surface area contributed by atoms with Gasteiger partial charge in [-0.15, -0.1) is 0 Å². The lowest BCUT2D eigenvalue weighted by molar-refractivity contribution is -0.137. The van der Waals surface area contributed by atoms with Crippen molar-refractivity contribution < 1.29 is 17.6 Å². The first-order valence-corrected chi connectivity index (χ1v) is 11.8. The minimum Gasteiger partial charge on any atom is -0.339 e. The van der Waals surface area contributed by atoms with E-state index in [-0.39, 0.29) is 46.7 Å². The van der Waals surface area contributed by atoms with E-state index < -0.39 is 10.0 Å². The number of hydrogen-bond acceptors (Lipinski definition) is 3. The standard InChI is InChI=1S/C21H23Cl2FN2O3S/c1-14(15-3-6-18(24)7-4-15)25(2)21(27)16-9-11-26(12-10-16)30(28,29)20-13-17(22)5-8-19(20)23/h3-8,13-14,16H,9-12H2,1-2H3. The minimum absolute atomic E-state index is 0.0245. The van der Waals surface area contributed by atoms with Crippen LogP contribution in [0.5, 0.6) is 0 Å². The van der Waals surface area contributed by atoms with E-state index in [2.05, 4.69) is 0 Å². The van der Waals surface area contributed by atoms with E-state index in [9.17, 15) is 17.6 Å². The maximum Gasteiger partial charge on any atom is 0.244 e. The predicted octanol–water partition coefficient (Wildman–Crippen LogP) is 4.75. The van der Waals surface area contributed by atoms with Gasteiger partial charge in [0.25, 0.3) is 0 Å². The van der Waals surface area contributed by atoms with E-state index in [0.29, 0.717) is 17.9 Å². The minimum atomic E-state index is -3.79. The van der Waals surface area contributed by atoms with Crippen LogP contribution in [0.3, 0.4) is 0 Å². The third kappa shape index (κ3) is 4.80. The fourth-order valence-corrected chi connectivity index (χ4v) is 5.81. The van der Waals surface area contributed by atoms with Gasteiger partial charge >= 0.3 is 0 Å². The van der Waals surface area contributed by atoms with E-state index in [1.165, 1.54) is 34.6 Å². The van der Waals surface area contributed by atoms with Crippen LogP contribution in [0.4, 0.5) is 4.39 Å². The van der Waals surface area contributed by atoms with Gasteiger partial charge in [0, 0.05) is 31.1 Å². The molecular weight excluding hydrogens is 450 g/mol. The third-order valence-electron chi connectivity index (χ3n) is 5.60. The molecule has 1 aliphatic rings. The number of nitrogens with zero attached hydrogens (tertiary/aromatic N) is 2. The summed E-state index contributed by atoms with van der Waals surface area (Å²) >= 11 is 12.0. The molecule has 1 aliphatic heterocycles. The predicted molar refractivity (Wildman–Crippen MR) is 116 cm³/mol. The summed E-state index contributed by atoms with van der Waals surface area (Å²) in [5, 5.41) is 0.407. The molecule has 3 rings (SSSR count). The molecule has 30 heavy (non-hydrogen) atoms. The Bertz CT molecular complexity index is 1020. The Balaban J connectivity index is 1.66. The summed E-state index contributed by atoms with van der Waals surface area (Å²) in [7, 11) is -2.08. The Morgan fingerprint density at radius 3 is 2.33 bits per heavy atom. The third-order valence-corrected chi connectivity index (χ3v) is 8.21. The molecule has 0 bridgehead atoms. The largest absolute Gasteiger partial charge is 0.339 e. The summed E-state index contributed by atoms with van der Waals surface area (Å²) in [5.41, 5.74) is 0.836. The highest BCUT2D eigenvalue weighted by Crippen LogP contribution is 2.31. The molecule has 0 spiro atoms. The van der Waals surface area contributed by atoms with Crippen molar-refractivity contribution >= 4 is 39.1 Å². The second-order valence-electron chi connectivity index (χ2n) is 7.43. The number of sulfonamides is 1. The zero-order chi connectivity index (χ0) is 22.1. The van der Waals surface area contributed by atoms with Crippen molar-refractivity contribution in [2.24, 2.45) is 5.92 Å². The van der Waals surface area contributed by atoms with Crippen LogP contribution in [-0.4, -0.2) is 43.7 Å². The summed E-state index contributed by atoms with van der Waals surface area (Å²) in [6.45, 7) is 2.33. The normalized spacial score (nSPS) is 17.0. The molecule has 1 atom stereocenters. The van der Waals surface area contributed by atoms with Gasteiger partial charge in [-0.3, -0.25) is 4.79 Å². The lowest BCUT2D eigenvalue weighted by atomic mass is 9.95. The number of amides is 1. The first-order valence-electron chi connectivity index (χ1n) is 9.58. The van der Waals surface area contributed by atoms with Gasteiger partial charge in [0.2, 0.25) is 15.9 Å². The van der Waals surface area contributed by atoms with Gasteiger partial charge in [-0.05, 0) is 55.7 Å². The molecule has 0 saturated carbocycles. The maximum absolute atomic E-state index is 13.2. The van der Waals surface area contributed by atoms with Gasteiger partial charge in [0.15, 0.2) is 0 Å². The molecule has 1 heterocycles. The summed E-state index contributed by atoms with van der Waals surface area (Å²) in [5.74, 6) is -0.655. The molecule has 1 saturated heterocycles. The first-order chi connectivity index (χ1) is 14.1. The molecule has 0 aliphatic carbocycles. The summed E-state index contributed by atoms with van der Waals surface area (Å²) < 4.78 is 40.4. The highest BCUT2D eigenvalue weighted by molar-refractivity contribution is 7.89. The van der Waals surface area contributed by atoms with E-state index in [4.69, 9.17) is 23.2 Å². The van der Waals surface area contributed by atoms with Gasteiger partial charge in [0.05, 0.1) is 11.1 Å². The molecule has 162 valence electrons. The number of carbonyl (C=O) groups is 1. The van der Waals surface area contributed by atoms with E-state index in [0.717, 1.165) is 5.56 Å². The smallest absolute Gasteiger partial charge is 0.244 e. The Morgan fingerprint density at radius 2 is 1.73 bits per heavy atom. The fraction of sp³-hybridized carbons (Fsp3) is 0.381. The Morgan fingerprint density at radius 1 is 1.13 bits per heavy atom. The fourth-order valence-electron chi connectivity index (χ4n) is 3.60. The summed E-state index contributed by atoms with van der Waals surface area (Å²) in [6, 6.07) is 10.2. The summed E-state index contributed by atoms with van der Waals surface area (Å²) in [4.78, 5) is 14.6. The van der Waals surface area contributed by atoms with E-state index >= 15 is 0 Å². The number of carbonyl (C=O) groups excluding carboxylic acids is 1. The van der Waals surface area contributed by atoms with Gasteiger partial charge in [-0.1, -0.05) is 35.3 Å². The second kappa shape index (κ2) is 9.22. The SMILES string of the molecule is CC(c1ccc(F)cc1)N(C)C(=O)C1CCN(S(=O)(=O)c2cc(Cl)ccc2Cl)CC1. The van der Waals surface area contributed by atoms with Gasteiger partial charge in [-0.25, -0.2) is 12.8 Å².